The quantitative estimate of drug-likeness (QED) is 0.524. The van der Waals surface area contributed by atoms with E-state index in [4.69, 9.17) is 4.98 Å². The minimum Gasteiger partial charge on any atom is -0.508 e. The molecule has 4 aromatic rings. The summed E-state index contributed by atoms with van der Waals surface area (Å²) in [4.78, 5) is 9.29. The molecule has 2 N–H and O–H groups in total. The number of nitrogens with zero attached hydrogens (tertiary/aromatic N) is 2. The molecule has 0 atom stereocenters. The normalized spacial score (nSPS) is 11.0. The highest BCUT2D eigenvalue weighted by molar-refractivity contribution is 7.17. The van der Waals surface area contributed by atoms with Crippen LogP contribution >= 0.6 is 11.3 Å². The van der Waals surface area contributed by atoms with Crippen molar-refractivity contribution in [3.63, 3.8) is 0 Å². The van der Waals surface area contributed by atoms with Gasteiger partial charge >= 0.3 is 0 Å². The molecule has 2 aromatic carbocycles. The van der Waals surface area contributed by atoms with Crippen LogP contribution in [0.5, 0.6) is 5.75 Å². The lowest BCUT2D eigenvalue weighted by atomic mass is 10.1. The number of nitrogens with one attached hydrogen (secondary N) is 1. The standard InChI is InChI=1S/C21H19N3OS/c1-14-12-23-21(18-13-26-19-5-3-2-4-17(18)19)24-20(14)22-11-10-15-6-8-16(25)9-7-15/h2-9,12-13,25H,10-11H2,1H3,(H,22,23,24). The topological polar surface area (TPSA) is 58.0 Å². The summed E-state index contributed by atoms with van der Waals surface area (Å²) in [5.41, 5.74) is 3.28. The van der Waals surface area contributed by atoms with Crippen molar-refractivity contribution in [2.75, 3.05) is 11.9 Å². The van der Waals surface area contributed by atoms with Crippen LogP contribution in [0.3, 0.4) is 0 Å². The van der Waals surface area contributed by atoms with E-state index in [0.717, 1.165) is 35.7 Å². The Morgan fingerprint density at radius 1 is 1.08 bits per heavy atom. The van der Waals surface area contributed by atoms with Crippen LogP contribution in [0.2, 0.25) is 0 Å². The number of aromatic hydroxyl groups is 1. The number of aryl methyl sites for hydroxylation is 1. The molecule has 4 nitrogen and oxygen atoms in total. The molecule has 0 aliphatic carbocycles. The average molecular weight is 361 g/mol. The number of phenolic OH excluding ortho intramolecular Hbond substituents is 1. The van der Waals surface area contributed by atoms with Crippen LogP contribution in [0.15, 0.2) is 60.1 Å². The Hall–Kier alpha value is -2.92. The monoisotopic (exact) mass is 361 g/mol. The molecule has 0 saturated carbocycles. The van der Waals surface area contributed by atoms with Crippen LogP contribution in [-0.2, 0) is 6.42 Å². The third-order valence-electron chi connectivity index (χ3n) is 4.34. The summed E-state index contributed by atoms with van der Waals surface area (Å²) in [6.07, 6.45) is 2.73. The molecule has 2 heterocycles. The Morgan fingerprint density at radius 3 is 2.73 bits per heavy atom. The fourth-order valence-corrected chi connectivity index (χ4v) is 3.83. The first-order chi connectivity index (χ1) is 12.7. The molecule has 26 heavy (non-hydrogen) atoms. The SMILES string of the molecule is Cc1cnc(-c2csc3ccccc23)nc1NCCc1ccc(O)cc1. The molecule has 5 heteroatoms. The van der Waals surface area contributed by atoms with Crippen LogP contribution in [0, 0.1) is 6.92 Å². The predicted octanol–water partition coefficient (Wildman–Crippen LogP) is 5.03. The molecule has 0 fully saturated rings. The molecular weight excluding hydrogens is 342 g/mol. The molecular formula is C21H19N3OS. The van der Waals surface area contributed by atoms with E-state index in [1.807, 2.05) is 31.3 Å². The van der Waals surface area contributed by atoms with Gasteiger partial charge in [-0.1, -0.05) is 30.3 Å². The number of hydrogen-bond acceptors (Lipinski definition) is 5. The first kappa shape index (κ1) is 16.5. The number of anilines is 1. The molecule has 0 amide bonds. The number of phenols is 1. The molecule has 0 unspecified atom stereocenters. The highest BCUT2D eigenvalue weighted by atomic mass is 32.1. The van der Waals surface area contributed by atoms with Crippen molar-refractivity contribution in [1.29, 1.82) is 0 Å². The summed E-state index contributed by atoms with van der Waals surface area (Å²) in [5, 5.41) is 16.1. The van der Waals surface area contributed by atoms with Gasteiger partial charge in [0, 0.05) is 39.3 Å². The van der Waals surface area contributed by atoms with Gasteiger partial charge in [-0.2, -0.15) is 0 Å². The van der Waals surface area contributed by atoms with Gasteiger partial charge < -0.3 is 10.4 Å². The van der Waals surface area contributed by atoms with E-state index in [1.54, 1.807) is 23.5 Å². The second kappa shape index (κ2) is 7.14. The van der Waals surface area contributed by atoms with Crippen molar-refractivity contribution in [1.82, 2.24) is 9.97 Å². The lowest BCUT2D eigenvalue weighted by Gasteiger charge is -2.10. The molecule has 0 radical (unpaired) electrons. The number of fused-ring (bicyclic) bond motifs is 1. The van der Waals surface area contributed by atoms with E-state index in [2.05, 4.69) is 33.9 Å². The number of aromatic nitrogens is 2. The van der Waals surface area contributed by atoms with Gasteiger partial charge in [0.25, 0.3) is 0 Å². The molecule has 0 spiro atoms. The Bertz CT molecular complexity index is 1040. The molecule has 2 aromatic heterocycles. The Morgan fingerprint density at radius 2 is 1.88 bits per heavy atom. The van der Waals surface area contributed by atoms with Gasteiger partial charge in [0.2, 0.25) is 0 Å². The molecule has 0 aliphatic rings. The van der Waals surface area contributed by atoms with Crippen LogP contribution < -0.4 is 5.32 Å². The highest BCUT2D eigenvalue weighted by Crippen LogP contribution is 2.32. The van der Waals surface area contributed by atoms with Gasteiger partial charge in [-0.3, -0.25) is 0 Å². The second-order valence-electron chi connectivity index (χ2n) is 6.21. The molecule has 130 valence electrons. The van der Waals surface area contributed by atoms with E-state index < -0.39 is 0 Å². The van der Waals surface area contributed by atoms with Crippen LogP contribution in [0.1, 0.15) is 11.1 Å². The van der Waals surface area contributed by atoms with Crippen molar-refractivity contribution < 1.29 is 5.11 Å². The van der Waals surface area contributed by atoms with Crippen molar-refractivity contribution in [3.8, 4) is 17.1 Å². The number of rotatable bonds is 5. The zero-order valence-electron chi connectivity index (χ0n) is 14.4. The molecule has 4 rings (SSSR count). The largest absolute Gasteiger partial charge is 0.508 e. The van der Waals surface area contributed by atoms with Crippen molar-refractivity contribution >= 4 is 27.2 Å². The van der Waals surface area contributed by atoms with E-state index in [1.165, 1.54) is 15.6 Å². The fraction of sp³-hybridized carbons (Fsp3) is 0.143. The number of thiophene rings is 1. The zero-order chi connectivity index (χ0) is 17.9. The summed E-state index contributed by atoms with van der Waals surface area (Å²) < 4.78 is 1.24. The van der Waals surface area contributed by atoms with E-state index in [0.29, 0.717) is 5.75 Å². The lowest BCUT2D eigenvalue weighted by molar-refractivity contribution is 0.475. The third-order valence-corrected chi connectivity index (χ3v) is 5.30. The van der Waals surface area contributed by atoms with Gasteiger partial charge in [-0.15, -0.1) is 11.3 Å². The highest BCUT2D eigenvalue weighted by Gasteiger charge is 2.11. The van der Waals surface area contributed by atoms with Gasteiger partial charge in [0.15, 0.2) is 5.82 Å². The van der Waals surface area contributed by atoms with Gasteiger partial charge in [0.05, 0.1) is 0 Å². The van der Waals surface area contributed by atoms with Gasteiger partial charge in [-0.05, 0) is 37.1 Å². The Labute approximate surface area is 156 Å². The maximum Gasteiger partial charge on any atom is 0.162 e. The fourth-order valence-electron chi connectivity index (χ4n) is 2.89. The summed E-state index contributed by atoms with van der Waals surface area (Å²) in [5.74, 6) is 1.91. The van der Waals surface area contributed by atoms with E-state index in [-0.39, 0.29) is 0 Å². The van der Waals surface area contributed by atoms with E-state index >= 15 is 0 Å². The van der Waals surface area contributed by atoms with Gasteiger partial charge in [0.1, 0.15) is 11.6 Å². The van der Waals surface area contributed by atoms with Crippen molar-refractivity contribution in [2.45, 2.75) is 13.3 Å². The summed E-state index contributed by atoms with van der Waals surface area (Å²) in [6, 6.07) is 15.6. The first-order valence-electron chi connectivity index (χ1n) is 8.53. The summed E-state index contributed by atoms with van der Waals surface area (Å²) in [7, 11) is 0. The maximum absolute atomic E-state index is 9.36. The number of benzene rings is 2. The van der Waals surface area contributed by atoms with Gasteiger partial charge in [-0.25, -0.2) is 9.97 Å². The van der Waals surface area contributed by atoms with Crippen LogP contribution in [0.25, 0.3) is 21.5 Å². The molecule has 0 saturated heterocycles. The Balaban J connectivity index is 1.53. The summed E-state index contributed by atoms with van der Waals surface area (Å²) in [6.45, 7) is 2.78. The average Bonchev–Trinajstić information content (AvgIpc) is 3.09. The smallest absolute Gasteiger partial charge is 0.162 e. The van der Waals surface area contributed by atoms with Crippen LogP contribution in [-0.4, -0.2) is 21.6 Å². The molecule has 0 bridgehead atoms. The minimum atomic E-state index is 0.293. The third kappa shape index (κ3) is 3.39. The first-order valence-corrected chi connectivity index (χ1v) is 9.41. The van der Waals surface area contributed by atoms with Crippen molar-refractivity contribution in [3.05, 3.63) is 71.2 Å². The van der Waals surface area contributed by atoms with E-state index in [9.17, 15) is 5.11 Å². The number of hydrogen-bond donors (Lipinski definition) is 2. The second-order valence-corrected chi connectivity index (χ2v) is 7.13. The maximum atomic E-state index is 9.36. The van der Waals surface area contributed by atoms with Crippen molar-refractivity contribution in [2.24, 2.45) is 0 Å². The molecule has 0 aliphatic heterocycles. The minimum absolute atomic E-state index is 0.293. The Kier molecular flexibility index (Phi) is 4.54. The summed E-state index contributed by atoms with van der Waals surface area (Å²) >= 11 is 1.71. The predicted molar refractivity (Wildman–Crippen MR) is 108 cm³/mol. The van der Waals surface area contributed by atoms with Crippen LogP contribution in [0.4, 0.5) is 5.82 Å². The lowest BCUT2D eigenvalue weighted by Crippen LogP contribution is -2.08. The zero-order valence-corrected chi connectivity index (χ0v) is 15.3.